The van der Waals surface area contributed by atoms with Crippen LogP contribution in [0.1, 0.15) is 32.4 Å². The average Bonchev–Trinajstić information content (AvgIpc) is 3.30. The zero-order valence-corrected chi connectivity index (χ0v) is 13.8. The van der Waals surface area contributed by atoms with Gasteiger partial charge in [-0.2, -0.15) is 0 Å². The fourth-order valence-corrected chi connectivity index (χ4v) is 2.62. The molecule has 0 radical (unpaired) electrons. The van der Waals surface area contributed by atoms with Crippen molar-refractivity contribution in [3.8, 4) is 17.1 Å². The number of para-hydroxylation sites is 1. The Morgan fingerprint density at radius 1 is 1.39 bits per heavy atom. The molecule has 0 atom stereocenters. The summed E-state index contributed by atoms with van der Waals surface area (Å²) in [5.74, 6) is 1.82. The van der Waals surface area contributed by atoms with E-state index in [0.29, 0.717) is 12.3 Å². The van der Waals surface area contributed by atoms with Crippen LogP contribution in [0.2, 0.25) is 0 Å². The van der Waals surface area contributed by atoms with Gasteiger partial charge in [0.1, 0.15) is 11.4 Å². The third-order valence-electron chi connectivity index (χ3n) is 4.10. The molecule has 0 aliphatic heterocycles. The van der Waals surface area contributed by atoms with Gasteiger partial charge in [0.05, 0.1) is 19.2 Å². The lowest BCUT2D eigenvalue weighted by atomic mass is 10.1. The van der Waals surface area contributed by atoms with Crippen LogP contribution < -0.4 is 4.74 Å². The van der Waals surface area contributed by atoms with Crippen LogP contribution in [0.5, 0.6) is 5.75 Å². The molecule has 2 aromatic rings. The van der Waals surface area contributed by atoms with Crippen molar-refractivity contribution in [2.45, 2.75) is 39.3 Å². The Labute approximate surface area is 136 Å². The van der Waals surface area contributed by atoms with Gasteiger partial charge in [-0.1, -0.05) is 17.3 Å². The van der Waals surface area contributed by atoms with E-state index in [0.717, 1.165) is 29.8 Å². The summed E-state index contributed by atoms with van der Waals surface area (Å²) < 4.78 is 10.8. The first-order valence-corrected chi connectivity index (χ1v) is 7.99. The van der Waals surface area contributed by atoms with Crippen molar-refractivity contribution in [3.63, 3.8) is 0 Å². The number of ether oxygens (including phenoxy) is 1. The molecule has 5 nitrogen and oxygen atoms in total. The van der Waals surface area contributed by atoms with Gasteiger partial charge in [0.15, 0.2) is 5.76 Å². The molecule has 1 aromatic heterocycles. The Morgan fingerprint density at radius 2 is 2.13 bits per heavy atom. The highest BCUT2D eigenvalue weighted by Crippen LogP contribution is 2.33. The predicted molar refractivity (Wildman–Crippen MR) is 86.9 cm³/mol. The van der Waals surface area contributed by atoms with Gasteiger partial charge in [-0.05, 0) is 38.8 Å². The van der Waals surface area contributed by atoms with Crippen LogP contribution in [0.25, 0.3) is 11.3 Å². The molecule has 0 spiro atoms. The van der Waals surface area contributed by atoms with Gasteiger partial charge in [-0.25, -0.2) is 0 Å². The topological polar surface area (TPSA) is 55.6 Å². The first-order chi connectivity index (χ1) is 11.1. The largest absolute Gasteiger partial charge is 0.496 e. The van der Waals surface area contributed by atoms with Crippen LogP contribution in [0, 0.1) is 5.92 Å². The minimum Gasteiger partial charge on any atom is -0.496 e. The quantitative estimate of drug-likeness (QED) is 0.819. The molecule has 0 N–H and O–H groups in total. The van der Waals surface area contributed by atoms with E-state index in [1.807, 2.05) is 49.1 Å². The summed E-state index contributed by atoms with van der Waals surface area (Å²) in [4.78, 5) is 14.3. The molecule has 122 valence electrons. The summed E-state index contributed by atoms with van der Waals surface area (Å²) in [6.07, 6.45) is 2.01. The summed E-state index contributed by atoms with van der Waals surface area (Å²) >= 11 is 0. The van der Waals surface area contributed by atoms with Crippen LogP contribution in [0.4, 0.5) is 0 Å². The summed E-state index contributed by atoms with van der Waals surface area (Å²) in [5, 5.41) is 4.13. The number of hydrogen-bond donors (Lipinski definition) is 0. The van der Waals surface area contributed by atoms with E-state index in [9.17, 15) is 4.79 Å². The lowest BCUT2D eigenvalue weighted by Crippen LogP contribution is -2.37. The Hall–Kier alpha value is -2.30. The number of benzene rings is 1. The van der Waals surface area contributed by atoms with E-state index in [2.05, 4.69) is 5.16 Å². The number of hydrogen-bond acceptors (Lipinski definition) is 4. The van der Waals surface area contributed by atoms with Gasteiger partial charge < -0.3 is 14.2 Å². The second kappa shape index (κ2) is 6.44. The normalized spacial score (nSPS) is 14.1. The lowest BCUT2D eigenvalue weighted by molar-refractivity contribution is -0.135. The maximum absolute atomic E-state index is 12.4. The molecule has 3 rings (SSSR count). The predicted octanol–water partition coefficient (Wildman–Crippen LogP) is 3.50. The van der Waals surface area contributed by atoms with Crippen molar-refractivity contribution in [2.75, 3.05) is 7.11 Å². The van der Waals surface area contributed by atoms with Crippen LogP contribution in [0.3, 0.4) is 0 Å². The van der Waals surface area contributed by atoms with E-state index < -0.39 is 0 Å². The van der Waals surface area contributed by atoms with E-state index in [1.54, 1.807) is 7.11 Å². The molecule has 0 bridgehead atoms. The molecule has 1 heterocycles. The molecule has 23 heavy (non-hydrogen) atoms. The van der Waals surface area contributed by atoms with Gasteiger partial charge in [-0.15, -0.1) is 0 Å². The first-order valence-electron chi connectivity index (χ1n) is 7.99. The molecular formula is C18H22N2O3. The highest BCUT2D eigenvalue weighted by molar-refractivity contribution is 5.81. The molecular weight excluding hydrogens is 292 g/mol. The van der Waals surface area contributed by atoms with Crippen molar-refractivity contribution >= 4 is 5.91 Å². The first kappa shape index (κ1) is 15.6. The van der Waals surface area contributed by atoms with Crippen LogP contribution in [0.15, 0.2) is 34.9 Å². The molecule has 1 aliphatic rings. The molecule has 0 unspecified atom stereocenters. The SMILES string of the molecule is COc1ccccc1-c1cc(CN(C(=O)C2CC2)C(C)C)no1. The summed E-state index contributed by atoms with van der Waals surface area (Å²) in [5.41, 5.74) is 1.62. The number of methoxy groups -OCH3 is 1. The minimum absolute atomic E-state index is 0.148. The van der Waals surface area contributed by atoms with Gasteiger partial charge in [0.25, 0.3) is 0 Å². The van der Waals surface area contributed by atoms with Gasteiger partial charge in [0.2, 0.25) is 5.91 Å². The molecule has 1 aromatic carbocycles. The Morgan fingerprint density at radius 3 is 2.78 bits per heavy atom. The second-order valence-electron chi connectivity index (χ2n) is 6.22. The van der Waals surface area contributed by atoms with Gasteiger partial charge in [0, 0.05) is 18.0 Å². The molecule has 1 fully saturated rings. The number of amides is 1. The fraction of sp³-hybridized carbons (Fsp3) is 0.444. The van der Waals surface area contributed by atoms with Crippen molar-refractivity contribution < 1.29 is 14.1 Å². The maximum atomic E-state index is 12.4. The van der Waals surface area contributed by atoms with Crippen molar-refractivity contribution in [3.05, 3.63) is 36.0 Å². The smallest absolute Gasteiger partial charge is 0.226 e. The van der Waals surface area contributed by atoms with Crippen LogP contribution >= 0.6 is 0 Å². The monoisotopic (exact) mass is 314 g/mol. The molecule has 1 saturated carbocycles. The Balaban J connectivity index is 1.79. The van der Waals surface area contributed by atoms with Crippen molar-refractivity contribution in [1.82, 2.24) is 10.1 Å². The molecule has 0 saturated heterocycles. The Bertz CT molecular complexity index is 689. The standard InChI is InChI=1S/C18H22N2O3/c1-12(2)20(18(21)13-8-9-13)11-14-10-17(23-19-14)15-6-4-5-7-16(15)22-3/h4-7,10,12-13H,8-9,11H2,1-3H3. The number of nitrogens with zero attached hydrogens (tertiary/aromatic N) is 2. The van der Waals surface area contributed by atoms with Gasteiger partial charge in [-0.3, -0.25) is 4.79 Å². The number of carbonyl (C=O) groups excluding carboxylic acids is 1. The average molecular weight is 314 g/mol. The summed E-state index contributed by atoms with van der Waals surface area (Å²) in [6.45, 7) is 4.54. The van der Waals surface area contributed by atoms with E-state index in [4.69, 9.17) is 9.26 Å². The zero-order chi connectivity index (χ0) is 16.4. The van der Waals surface area contributed by atoms with Crippen LogP contribution in [-0.2, 0) is 11.3 Å². The van der Waals surface area contributed by atoms with E-state index >= 15 is 0 Å². The summed E-state index contributed by atoms with van der Waals surface area (Å²) in [7, 11) is 1.63. The molecule has 5 heteroatoms. The number of aromatic nitrogens is 1. The highest BCUT2D eigenvalue weighted by Gasteiger charge is 2.34. The fourth-order valence-electron chi connectivity index (χ4n) is 2.62. The van der Waals surface area contributed by atoms with Crippen LogP contribution in [-0.4, -0.2) is 29.1 Å². The van der Waals surface area contributed by atoms with E-state index in [1.165, 1.54) is 0 Å². The van der Waals surface area contributed by atoms with E-state index in [-0.39, 0.29) is 17.9 Å². The van der Waals surface area contributed by atoms with Gasteiger partial charge >= 0.3 is 0 Å². The van der Waals surface area contributed by atoms with Crippen molar-refractivity contribution in [2.24, 2.45) is 5.92 Å². The summed E-state index contributed by atoms with van der Waals surface area (Å²) in [6, 6.07) is 9.68. The molecule has 1 amide bonds. The number of carbonyl (C=O) groups is 1. The minimum atomic E-state index is 0.148. The maximum Gasteiger partial charge on any atom is 0.226 e. The number of rotatable bonds is 6. The molecule has 1 aliphatic carbocycles. The highest BCUT2D eigenvalue weighted by atomic mass is 16.5. The Kier molecular flexibility index (Phi) is 4.37. The lowest BCUT2D eigenvalue weighted by Gasteiger charge is -2.25. The third kappa shape index (κ3) is 3.38. The second-order valence-corrected chi connectivity index (χ2v) is 6.22. The third-order valence-corrected chi connectivity index (χ3v) is 4.10. The van der Waals surface area contributed by atoms with Crippen molar-refractivity contribution in [1.29, 1.82) is 0 Å². The zero-order valence-electron chi connectivity index (χ0n) is 13.8.